The second-order valence-corrected chi connectivity index (χ2v) is 4.04. The predicted molar refractivity (Wildman–Crippen MR) is 64.5 cm³/mol. The lowest BCUT2D eigenvalue weighted by Crippen LogP contribution is -2.38. The summed E-state index contributed by atoms with van der Waals surface area (Å²) >= 11 is 0. The Morgan fingerprint density at radius 1 is 0.938 bits per heavy atom. The highest BCUT2D eigenvalue weighted by atomic mass is 16.4. The molecule has 0 aliphatic heterocycles. The van der Waals surface area contributed by atoms with Crippen LogP contribution in [-0.2, 0) is 4.79 Å². The second-order valence-electron chi connectivity index (χ2n) is 4.04. The van der Waals surface area contributed by atoms with Crippen molar-refractivity contribution in [2.75, 3.05) is 6.54 Å². The van der Waals surface area contributed by atoms with Crippen molar-refractivity contribution in [1.29, 1.82) is 0 Å². The number of hydrogen-bond acceptors (Lipinski definition) is 4. The molecule has 0 fully saturated rings. The van der Waals surface area contributed by atoms with E-state index in [9.17, 15) is 4.79 Å². The van der Waals surface area contributed by atoms with Gasteiger partial charge in [-0.1, -0.05) is 38.5 Å². The minimum absolute atomic E-state index is 0.317. The van der Waals surface area contributed by atoms with E-state index in [1.165, 1.54) is 25.7 Å². The molecule has 0 aromatic rings. The van der Waals surface area contributed by atoms with Crippen molar-refractivity contribution in [2.24, 2.45) is 5.84 Å². The van der Waals surface area contributed by atoms with Gasteiger partial charge in [-0.25, -0.2) is 5.43 Å². The van der Waals surface area contributed by atoms with Gasteiger partial charge in [0.15, 0.2) is 0 Å². The third-order valence-corrected chi connectivity index (χ3v) is 2.54. The summed E-state index contributed by atoms with van der Waals surface area (Å²) < 4.78 is 0. The van der Waals surface area contributed by atoms with Crippen LogP contribution in [0.2, 0.25) is 0 Å². The third kappa shape index (κ3) is 13.4. The first kappa shape index (κ1) is 15.3. The van der Waals surface area contributed by atoms with Crippen LogP contribution < -0.4 is 16.8 Å². The standard InChI is InChI=1S/C11H25N3O2/c12-14-13-10-8-6-4-2-1-3-5-7-9-11(15)16/h13-14H,1-10,12H2,(H,15,16). The molecule has 0 aromatic carbocycles. The highest BCUT2D eigenvalue weighted by Gasteiger charge is 1.96. The number of nitrogens with one attached hydrogen (secondary N) is 2. The van der Waals surface area contributed by atoms with Crippen LogP contribution in [0, 0.1) is 0 Å². The van der Waals surface area contributed by atoms with E-state index in [2.05, 4.69) is 11.0 Å². The van der Waals surface area contributed by atoms with Crippen LogP contribution in [0.5, 0.6) is 0 Å². The van der Waals surface area contributed by atoms with Crippen molar-refractivity contribution < 1.29 is 9.90 Å². The molecule has 0 radical (unpaired) electrons. The number of rotatable bonds is 12. The Hall–Kier alpha value is -0.650. The van der Waals surface area contributed by atoms with Gasteiger partial charge in [-0.05, 0) is 12.8 Å². The number of nitrogens with two attached hydrogens (primary N) is 1. The highest BCUT2D eigenvalue weighted by Crippen LogP contribution is 2.09. The average molecular weight is 231 g/mol. The first-order valence-corrected chi connectivity index (χ1v) is 6.17. The Kier molecular flexibility index (Phi) is 11.9. The van der Waals surface area contributed by atoms with Crippen LogP contribution >= 0.6 is 0 Å². The van der Waals surface area contributed by atoms with Gasteiger partial charge >= 0.3 is 5.97 Å². The molecule has 0 saturated heterocycles. The molecule has 0 atom stereocenters. The molecule has 5 heteroatoms. The average Bonchev–Trinajstić information content (AvgIpc) is 2.25. The number of hydrogen-bond donors (Lipinski definition) is 4. The Morgan fingerprint density at radius 2 is 1.44 bits per heavy atom. The molecule has 5 N–H and O–H groups in total. The molecule has 0 aliphatic rings. The number of carboxylic acid groups (broad SMARTS) is 1. The van der Waals surface area contributed by atoms with Crippen LogP contribution in [0.3, 0.4) is 0 Å². The Bertz CT molecular complexity index is 165. The van der Waals surface area contributed by atoms with Crippen LogP contribution in [0.15, 0.2) is 0 Å². The van der Waals surface area contributed by atoms with Crippen LogP contribution in [0.4, 0.5) is 0 Å². The summed E-state index contributed by atoms with van der Waals surface area (Å²) in [5.74, 6) is 4.38. The summed E-state index contributed by atoms with van der Waals surface area (Å²) in [6, 6.07) is 0. The van der Waals surface area contributed by atoms with Crippen molar-refractivity contribution in [2.45, 2.75) is 57.8 Å². The molecule has 0 spiro atoms. The van der Waals surface area contributed by atoms with Gasteiger partial charge in [0.05, 0.1) is 0 Å². The maximum absolute atomic E-state index is 10.2. The lowest BCUT2D eigenvalue weighted by Gasteiger charge is -2.02. The lowest BCUT2D eigenvalue weighted by molar-refractivity contribution is -0.137. The summed E-state index contributed by atoms with van der Waals surface area (Å²) in [4.78, 5) is 10.2. The molecule has 0 aliphatic carbocycles. The van der Waals surface area contributed by atoms with E-state index in [0.717, 1.165) is 32.2 Å². The molecule has 0 amide bonds. The van der Waals surface area contributed by atoms with Gasteiger partial charge in [0, 0.05) is 13.0 Å². The summed E-state index contributed by atoms with van der Waals surface area (Å²) in [5.41, 5.74) is 5.25. The molecule has 96 valence electrons. The predicted octanol–water partition coefficient (Wildman–Crippen LogP) is 1.55. The molecule has 0 heterocycles. The molecule has 0 unspecified atom stereocenters. The number of hydrazine groups is 2. The van der Waals surface area contributed by atoms with Gasteiger partial charge < -0.3 is 5.11 Å². The maximum atomic E-state index is 10.2. The van der Waals surface area contributed by atoms with E-state index >= 15 is 0 Å². The Morgan fingerprint density at radius 3 is 1.94 bits per heavy atom. The molecular weight excluding hydrogens is 206 g/mol. The maximum Gasteiger partial charge on any atom is 0.303 e. The van der Waals surface area contributed by atoms with Crippen molar-refractivity contribution in [3.05, 3.63) is 0 Å². The van der Waals surface area contributed by atoms with E-state index in [0.29, 0.717) is 6.42 Å². The third-order valence-electron chi connectivity index (χ3n) is 2.54. The topological polar surface area (TPSA) is 87.4 Å². The molecule has 16 heavy (non-hydrogen) atoms. The van der Waals surface area contributed by atoms with Crippen LogP contribution in [0.1, 0.15) is 57.8 Å². The van der Waals surface area contributed by atoms with Gasteiger partial charge in [0.2, 0.25) is 0 Å². The molecule has 0 rings (SSSR count). The number of carboxylic acids is 1. The monoisotopic (exact) mass is 231 g/mol. The van der Waals surface area contributed by atoms with Crippen molar-refractivity contribution in [3.8, 4) is 0 Å². The van der Waals surface area contributed by atoms with Crippen LogP contribution in [0.25, 0.3) is 0 Å². The quantitative estimate of drug-likeness (QED) is 0.232. The molecule has 0 bridgehead atoms. The summed E-state index contributed by atoms with van der Waals surface area (Å²) in [5, 5.41) is 8.44. The van der Waals surface area contributed by atoms with Gasteiger partial charge in [-0.3, -0.25) is 10.6 Å². The lowest BCUT2D eigenvalue weighted by atomic mass is 10.1. The Labute approximate surface area is 97.7 Å². The van der Waals surface area contributed by atoms with Crippen LogP contribution in [-0.4, -0.2) is 17.6 Å². The van der Waals surface area contributed by atoms with Gasteiger partial charge in [0.25, 0.3) is 0 Å². The fourth-order valence-electron chi connectivity index (χ4n) is 1.62. The Balaban J connectivity index is 2.90. The van der Waals surface area contributed by atoms with E-state index in [1.54, 1.807) is 0 Å². The fourth-order valence-corrected chi connectivity index (χ4v) is 1.62. The zero-order valence-electron chi connectivity index (χ0n) is 10.0. The van der Waals surface area contributed by atoms with E-state index in [4.69, 9.17) is 10.9 Å². The normalized spacial score (nSPS) is 10.6. The minimum atomic E-state index is -0.680. The largest absolute Gasteiger partial charge is 0.481 e. The van der Waals surface area contributed by atoms with Gasteiger partial charge in [-0.2, -0.15) is 5.53 Å². The molecule has 5 nitrogen and oxygen atoms in total. The van der Waals surface area contributed by atoms with Crippen molar-refractivity contribution >= 4 is 5.97 Å². The molecular formula is C11H25N3O2. The van der Waals surface area contributed by atoms with E-state index in [-0.39, 0.29) is 0 Å². The number of unbranched alkanes of at least 4 members (excludes halogenated alkanes) is 7. The minimum Gasteiger partial charge on any atom is -0.481 e. The summed E-state index contributed by atoms with van der Waals surface area (Å²) in [7, 11) is 0. The first-order valence-electron chi connectivity index (χ1n) is 6.17. The highest BCUT2D eigenvalue weighted by molar-refractivity contribution is 5.66. The smallest absolute Gasteiger partial charge is 0.303 e. The van der Waals surface area contributed by atoms with Gasteiger partial charge in [0.1, 0.15) is 0 Å². The van der Waals surface area contributed by atoms with Gasteiger partial charge in [-0.15, -0.1) is 0 Å². The number of carbonyl (C=O) groups is 1. The molecule has 0 aromatic heterocycles. The van der Waals surface area contributed by atoms with Crippen molar-refractivity contribution in [3.63, 3.8) is 0 Å². The second kappa shape index (κ2) is 12.4. The zero-order chi connectivity index (χ0) is 12.1. The summed E-state index contributed by atoms with van der Waals surface area (Å²) in [6.45, 7) is 0.912. The zero-order valence-corrected chi connectivity index (χ0v) is 10.0. The van der Waals surface area contributed by atoms with E-state index in [1.807, 2.05) is 0 Å². The number of aliphatic carboxylic acids is 1. The van der Waals surface area contributed by atoms with E-state index < -0.39 is 5.97 Å². The summed E-state index contributed by atoms with van der Waals surface area (Å²) in [6.07, 6.45) is 9.45. The SMILES string of the molecule is NNNCCCCCCCCCCC(=O)O. The fraction of sp³-hybridized carbons (Fsp3) is 0.909. The molecule has 0 saturated carbocycles. The first-order chi connectivity index (χ1) is 7.77. The van der Waals surface area contributed by atoms with Crippen molar-refractivity contribution in [1.82, 2.24) is 11.0 Å².